The second-order valence-corrected chi connectivity index (χ2v) is 8.42. The molecule has 0 fully saturated rings. The predicted octanol–water partition coefficient (Wildman–Crippen LogP) is 6.06. The van der Waals surface area contributed by atoms with Gasteiger partial charge in [0.1, 0.15) is 0 Å². The Bertz CT molecular complexity index is 606. The molecule has 0 aliphatic heterocycles. The summed E-state index contributed by atoms with van der Waals surface area (Å²) in [5.74, 6) is 0.314. The summed E-state index contributed by atoms with van der Waals surface area (Å²) in [7, 11) is 9.87. The van der Waals surface area contributed by atoms with Gasteiger partial charge >= 0.3 is 37.9 Å². The first-order valence-electron chi connectivity index (χ1n) is 6.35. The Balaban J connectivity index is 0.000000452. The van der Waals surface area contributed by atoms with E-state index in [0.717, 1.165) is 0 Å². The summed E-state index contributed by atoms with van der Waals surface area (Å²) in [6.07, 6.45) is 2.27. The molecule has 101 valence electrons. The fourth-order valence-electron chi connectivity index (χ4n) is 2.49. The van der Waals surface area contributed by atoms with Gasteiger partial charge in [-0.05, 0) is 36.1 Å². The maximum atomic E-state index is 4.93. The normalized spacial score (nSPS) is 15.8. The third-order valence-corrected chi connectivity index (χ3v) is 3.52. The summed E-state index contributed by atoms with van der Waals surface area (Å²) in [4.78, 5) is 0. The Hall–Kier alpha value is -0.357. The number of fused-ring (bicyclic) bond motifs is 1. The molecule has 1 unspecified atom stereocenters. The number of benzene rings is 2. The molecular formula is C17H15Cl2Zr. The van der Waals surface area contributed by atoms with Gasteiger partial charge in [0, 0.05) is 5.92 Å². The Morgan fingerprint density at radius 2 is 1.65 bits per heavy atom. The van der Waals surface area contributed by atoms with E-state index >= 15 is 0 Å². The predicted molar refractivity (Wildman–Crippen MR) is 85.3 cm³/mol. The van der Waals surface area contributed by atoms with Gasteiger partial charge in [0.25, 0.3) is 0 Å². The molecule has 1 aliphatic rings. The molecule has 0 saturated carbocycles. The van der Waals surface area contributed by atoms with Crippen molar-refractivity contribution in [1.82, 2.24) is 0 Å². The van der Waals surface area contributed by atoms with E-state index < -0.39 is 20.8 Å². The number of hydrogen-bond donors (Lipinski definition) is 0. The number of hydrogen-bond acceptors (Lipinski definition) is 0. The van der Waals surface area contributed by atoms with Gasteiger partial charge in [-0.25, -0.2) is 0 Å². The van der Waals surface area contributed by atoms with Crippen LogP contribution in [0.5, 0.6) is 0 Å². The van der Waals surface area contributed by atoms with Gasteiger partial charge in [0.15, 0.2) is 0 Å². The zero-order chi connectivity index (χ0) is 14.5. The molecule has 0 N–H and O–H groups in total. The number of allylic oxidation sites excluding steroid dienone is 1. The first kappa shape index (κ1) is 16.0. The molecule has 0 spiro atoms. The molecule has 3 rings (SSSR count). The quantitative estimate of drug-likeness (QED) is 0.563. The summed E-state index contributed by atoms with van der Waals surface area (Å²) < 4.78 is 0. The van der Waals surface area contributed by atoms with Gasteiger partial charge in [0.05, 0.1) is 0 Å². The van der Waals surface area contributed by atoms with Crippen LogP contribution in [0.3, 0.4) is 0 Å². The average molecular weight is 381 g/mol. The number of rotatable bonds is 1. The van der Waals surface area contributed by atoms with Crippen molar-refractivity contribution in [3.05, 3.63) is 72.2 Å². The summed E-state index contributed by atoms with van der Waals surface area (Å²) in [5.41, 5.74) is 6.64. The first-order valence-corrected chi connectivity index (χ1v) is 12.7. The summed E-state index contributed by atoms with van der Waals surface area (Å²) in [5, 5.41) is 0. The van der Waals surface area contributed by atoms with E-state index in [1.165, 1.54) is 27.8 Å². The Morgan fingerprint density at radius 3 is 2.30 bits per heavy atom. The van der Waals surface area contributed by atoms with Crippen LogP contribution in [-0.4, -0.2) is 0 Å². The molecule has 1 radical (unpaired) electrons. The molecule has 3 heteroatoms. The van der Waals surface area contributed by atoms with Crippen molar-refractivity contribution in [3.8, 4) is 11.1 Å². The van der Waals surface area contributed by atoms with E-state index in [9.17, 15) is 0 Å². The third kappa shape index (κ3) is 3.45. The molecule has 20 heavy (non-hydrogen) atoms. The van der Waals surface area contributed by atoms with Crippen molar-refractivity contribution in [2.24, 2.45) is 0 Å². The van der Waals surface area contributed by atoms with Crippen LogP contribution in [0.2, 0.25) is 0 Å². The van der Waals surface area contributed by atoms with Crippen LogP contribution < -0.4 is 0 Å². The van der Waals surface area contributed by atoms with Crippen LogP contribution >= 0.6 is 17.0 Å². The zero-order valence-electron chi connectivity index (χ0n) is 11.2. The third-order valence-electron chi connectivity index (χ3n) is 3.52. The van der Waals surface area contributed by atoms with Gasteiger partial charge < -0.3 is 0 Å². The molecule has 2 aromatic carbocycles. The van der Waals surface area contributed by atoms with Gasteiger partial charge in [-0.3, -0.25) is 0 Å². The van der Waals surface area contributed by atoms with E-state index in [-0.39, 0.29) is 0 Å². The van der Waals surface area contributed by atoms with Crippen molar-refractivity contribution < 1.29 is 20.8 Å². The monoisotopic (exact) mass is 379 g/mol. The van der Waals surface area contributed by atoms with E-state index in [2.05, 4.69) is 68.5 Å². The van der Waals surface area contributed by atoms with Gasteiger partial charge in [-0.15, -0.1) is 0 Å². The van der Waals surface area contributed by atoms with Gasteiger partial charge in [-0.1, -0.05) is 60.2 Å². The Kier molecular flexibility index (Phi) is 6.08. The molecule has 0 nitrogen and oxygen atoms in total. The summed E-state index contributed by atoms with van der Waals surface area (Å²) in [6, 6.07) is 17.1. The van der Waals surface area contributed by atoms with Crippen LogP contribution in [-0.2, 0) is 20.8 Å². The molecule has 1 aliphatic carbocycles. The van der Waals surface area contributed by atoms with Crippen molar-refractivity contribution in [3.63, 3.8) is 0 Å². The van der Waals surface area contributed by atoms with Crippen LogP contribution in [0.25, 0.3) is 17.2 Å². The first-order chi connectivity index (χ1) is 9.69. The standard InChI is InChI=1S/C17H15.2ClH.Zr/c1-12-11-17-15(13(12)2)9-6-10-16(17)14-7-4-3-5-8-14;;;/h3-11,13H,2H2,1H3;2*1H;/q;;;+2/p-2. The number of halogens is 2. The topological polar surface area (TPSA) is 0 Å². The molecule has 0 bridgehead atoms. The van der Waals surface area contributed by atoms with E-state index in [1.807, 2.05) is 0 Å². The van der Waals surface area contributed by atoms with Gasteiger partial charge in [-0.2, -0.15) is 0 Å². The zero-order valence-corrected chi connectivity index (χ0v) is 15.2. The molecule has 0 amide bonds. The van der Waals surface area contributed by atoms with Gasteiger partial charge in [0.2, 0.25) is 0 Å². The summed E-state index contributed by atoms with van der Waals surface area (Å²) >= 11 is -0.826. The fraction of sp³-hybridized carbons (Fsp3) is 0.118. The van der Waals surface area contributed by atoms with Crippen molar-refractivity contribution in [1.29, 1.82) is 0 Å². The SMILES string of the molecule is [CH2]C1C(C)=Cc2c(-c3ccccc3)cccc21.[Cl][Zr][Cl]. The second-order valence-electron chi connectivity index (χ2n) is 4.69. The Labute approximate surface area is 139 Å². The average Bonchev–Trinajstić information content (AvgIpc) is 2.76. The van der Waals surface area contributed by atoms with Crippen LogP contribution in [0, 0.1) is 6.92 Å². The molecular weight excluding hydrogens is 366 g/mol. The minimum atomic E-state index is -0.826. The van der Waals surface area contributed by atoms with Crippen LogP contribution in [0.4, 0.5) is 0 Å². The van der Waals surface area contributed by atoms with E-state index in [0.29, 0.717) is 5.92 Å². The molecule has 0 heterocycles. The van der Waals surface area contributed by atoms with E-state index in [1.54, 1.807) is 0 Å². The van der Waals surface area contributed by atoms with Crippen molar-refractivity contribution in [2.45, 2.75) is 12.8 Å². The van der Waals surface area contributed by atoms with E-state index in [4.69, 9.17) is 17.0 Å². The molecule has 0 aromatic heterocycles. The van der Waals surface area contributed by atoms with Crippen LogP contribution in [0.15, 0.2) is 54.1 Å². The van der Waals surface area contributed by atoms with Crippen molar-refractivity contribution in [2.75, 3.05) is 0 Å². The molecule has 0 saturated heterocycles. The summed E-state index contributed by atoms with van der Waals surface area (Å²) in [6.45, 7) is 6.39. The molecule has 1 atom stereocenters. The Morgan fingerprint density at radius 1 is 1.00 bits per heavy atom. The second kappa shape index (κ2) is 7.59. The van der Waals surface area contributed by atoms with Crippen LogP contribution in [0.1, 0.15) is 24.0 Å². The maximum absolute atomic E-state index is 4.93. The minimum absolute atomic E-state index is 0.314. The fourth-order valence-corrected chi connectivity index (χ4v) is 2.49. The van der Waals surface area contributed by atoms with Crippen molar-refractivity contribution >= 4 is 23.1 Å². The molecule has 2 aromatic rings.